The summed E-state index contributed by atoms with van der Waals surface area (Å²) in [5.41, 5.74) is 14.7. The summed E-state index contributed by atoms with van der Waals surface area (Å²) in [4.78, 5) is 25.9. The van der Waals surface area contributed by atoms with Gasteiger partial charge in [0, 0.05) is 29.4 Å². The zero-order valence-electron chi connectivity index (χ0n) is 18.9. The van der Waals surface area contributed by atoms with Crippen molar-refractivity contribution in [2.75, 3.05) is 11.1 Å². The van der Waals surface area contributed by atoms with Gasteiger partial charge in [0.1, 0.15) is 5.84 Å². The first-order valence-electron chi connectivity index (χ1n) is 10.5. The van der Waals surface area contributed by atoms with E-state index < -0.39 is 5.43 Å². The van der Waals surface area contributed by atoms with Gasteiger partial charge in [-0.3, -0.25) is 15.0 Å². The molecule has 3 rings (SSSR count). The van der Waals surface area contributed by atoms with Crippen LogP contribution < -0.4 is 27.5 Å². The Bertz CT molecular complexity index is 1210. The SMILES string of the molecule is Cc1cc(N)cc(-c2onc(NC(C)C)c(=O)c2CC(=O)NCc2ccc(C(=N)N)cc2)c1. The summed E-state index contributed by atoms with van der Waals surface area (Å²) in [7, 11) is 0. The summed E-state index contributed by atoms with van der Waals surface area (Å²) in [6.07, 6.45) is -0.188. The van der Waals surface area contributed by atoms with E-state index in [2.05, 4.69) is 15.8 Å². The number of nitrogens with zero attached hydrogens (tertiary/aromatic N) is 1. The Kier molecular flexibility index (Phi) is 7.12. The number of rotatable bonds is 8. The summed E-state index contributed by atoms with van der Waals surface area (Å²) in [6.45, 7) is 5.89. The molecular weight excluding hydrogens is 420 g/mol. The normalized spacial score (nSPS) is 10.8. The Hall–Kier alpha value is -4.14. The first-order valence-corrected chi connectivity index (χ1v) is 10.5. The largest absolute Gasteiger partial charge is 0.399 e. The van der Waals surface area contributed by atoms with Crippen LogP contribution in [0.25, 0.3) is 11.3 Å². The molecule has 0 bridgehead atoms. The second-order valence-corrected chi connectivity index (χ2v) is 8.16. The van der Waals surface area contributed by atoms with Crippen LogP contribution in [0, 0.1) is 12.3 Å². The average Bonchev–Trinajstić information content (AvgIpc) is 2.74. The Labute approximate surface area is 191 Å². The molecule has 33 heavy (non-hydrogen) atoms. The van der Waals surface area contributed by atoms with Gasteiger partial charge in [-0.1, -0.05) is 29.4 Å². The second kappa shape index (κ2) is 9.99. The number of amidine groups is 1. The lowest BCUT2D eigenvalue weighted by Gasteiger charge is -2.13. The molecule has 0 atom stereocenters. The minimum atomic E-state index is -0.397. The van der Waals surface area contributed by atoms with Crippen LogP contribution in [0.15, 0.2) is 51.8 Å². The van der Waals surface area contributed by atoms with Crippen LogP contribution in [-0.2, 0) is 17.8 Å². The molecule has 0 unspecified atom stereocenters. The quantitative estimate of drug-likeness (QED) is 0.201. The van der Waals surface area contributed by atoms with E-state index in [9.17, 15) is 9.59 Å². The summed E-state index contributed by atoms with van der Waals surface area (Å²) >= 11 is 0. The van der Waals surface area contributed by atoms with Gasteiger partial charge in [-0.05, 0) is 50.1 Å². The number of carbonyl (C=O) groups excluding carboxylic acids is 1. The van der Waals surface area contributed by atoms with E-state index in [0.717, 1.165) is 11.1 Å². The van der Waals surface area contributed by atoms with E-state index in [1.807, 2.05) is 26.8 Å². The number of carbonyl (C=O) groups is 1. The van der Waals surface area contributed by atoms with Gasteiger partial charge in [-0.25, -0.2) is 0 Å². The molecule has 1 heterocycles. The fourth-order valence-electron chi connectivity index (χ4n) is 3.36. The van der Waals surface area contributed by atoms with Gasteiger partial charge in [0.25, 0.3) is 0 Å². The summed E-state index contributed by atoms with van der Waals surface area (Å²) in [6, 6.07) is 12.3. The topological polar surface area (TPSA) is 160 Å². The van der Waals surface area contributed by atoms with E-state index >= 15 is 0 Å². The Balaban J connectivity index is 1.88. The monoisotopic (exact) mass is 448 g/mol. The number of benzene rings is 2. The molecule has 1 amide bonds. The van der Waals surface area contributed by atoms with Crippen molar-refractivity contribution in [3.8, 4) is 11.3 Å². The van der Waals surface area contributed by atoms with Crippen molar-refractivity contribution in [2.45, 2.75) is 39.8 Å². The van der Waals surface area contributed by atoms with Crippen LogP contribution in [-0.4, -0.2) is 22.9 Å². The zero-order chi connectivity index (χ0) is 24.1. The smallest absolute Gasteiger partial charge is 0.231 e. The number of nitrogens with one attached hydrogen (secondary N) is 3. The molecule has 0 aliphatic rings. The molecule has 172 valence electrons. The molecule has 2 aromatic carbocycles. The van der Waals surface area contributed by atoms with E-state index in [-0.39, 0.29) is 47.9 Å². The number of hydrogen-bond donors (Lipinski definition) is 5. The highest BCUT2D eigenvalue weighted by Crippen LogP contribution is 2.26. The van der Waals surface area contributed by atoms with Crippen molar-refractivity contribution in [3.05, 3.63) is 74.9 Å². The maximum Gasteiger partial charge on any atom is 0.231 e. The fourth-order valence-corrected chi connectivity index (χ4v) is 3.36. The highest BCUT2D eigenvalue weighted by Gasteiger charge is 2.21. The highest BCUT2D eigenvalue weighted by atomic mass is 16.5. The lowest BCUT2D eigenvalue weighted by molar-refractivity contribution is -0.120. The fraction of sp³-hybridized carbons (Fsp3) is 0.250. The van der Waals surface area contributed by atoms with Gasteiger partial charge in [-0.15, -0.1) is 0 Å². The van der Waals surface area contributed by atoms with Crippen LogP contribution >= 0.6 is 0 Å². The Morgan fingerprint density at radius 3 is 2.48 bits per heavy atom. The van der Waals surface area contributed by atoms with Gasteiger partial charge in [0.15, 0.2) is 5.76 Å². The molecule has 0 aliphatic heterocycles. The zero-order valence-corrected chi connectivity index (χ0v) is 18.9. The van der Waals surface area contributed by atoms with Crippen molar-refractivity contribution in [3.63, 3.8) is 0 Å². The Morgan fingerprint density at radius 1 is 1.18 bits per heavy atom. The molecule has 0 saturated carbocycles. The Morgan fingerprint density at radius 2 is 1.88 bits per heavy atom. The van der Waals surface area contributed by atoms with Crippen LogP contribution in [0.5, 0.6) is 0 Å². The maximum atomic E-state index is 13.2. The van der Waals surface area contributed by atoms with Crippen molar-refractivity contribution >= 4 is 23.2 Å². The van der Waals surface area contributed by atoms with Crippen LogP contribution in [0.1, 0.15) is 36.1 Å². The number of aryl methyl sites for hydroxylation is 1. The first-order chi connectivity index (χ1) is 15.6. The van der Waals surface area contributed by atoms with Gasteiger partial charge >= 0.3 is 0 Å². The van der Waals surface area contributed by atoms with Gasteiger partial charge in [-0.2, -0.15) is 0 Å². The molecule has 9 nitrogen and oxygen atoms in total. The third-order valence-corrected chi connectivity index (χ3v) is 4.87. The molecule has 3 aromatic rings. The third kappa shape index (κ3) is 5.97. The molecule has 1 aromatic heterocycles. The van der Waals surface area contributed by atoms with E-state index in [4.69, 9.17) is 21.4 Å². The minimum absolute atomic E-state index is 0.0230. The molecule has 9 heteroatoms. The molecule has 0 saturated heterocycles. The number of anilines is 2. The van der Waals surface area contributed by atoms with Crippen molar-refractivity contribution in [1.29, 1.82) is 5.41 Å². The number of hydrogen-bond acceptors (Lipinski definition) is 7. The molecule has 7 N–H and O–H groups in total. The number of nitrogen functional groups attached to an aromatic ring is 2. The van der Waals surface area contributed by atoms with Gasteiger partial charge in [0.05, 0.1) is 12.0 Å². The molecule has 0 fully saturated rings. The highest BCUT2D eigenvalue weighted by molar-refractivity contribution is 5.94. The lowest BCUT2D eigenvalue weighted by Crippen LogP contribution is -2.29. The number of aromatic nitrogens is 1. The van der Waals surface area contributed by atoms with Crippen molar-refractivity contribution in [2.24, 2.45) is 5.73 Å². The third-order valence-electron chi connectivity index (χ3n) is 4.87. The number of amides is 1. The molecule has 0 aliphatic carbocycles. The first kappa shape index (κ1) is 23.5. The molecular formula is C24H28N6O3. The lowest BCUT2D eigenvalue weighted by atomic mass is 10.0. The molecule has 0 spiro atoms. The van der Waals surface area contributed by atoms with Crippen LogP contribution in [0.4, 0.5) is 11.5 Å². The standard InChI is InChI=1S/C24H28N6O3/c1-13(2)29-24-21(32)19(22(33-30-24)17-8-14(3)9-18(25)10-17)11-20(31)28-12-15-4-6-16(7-5-15)23(26)27/h4-10,13H,11-12,25H2,1-3H3,(H3,26,27)(H,28,31)(H,29,30). The summed E-state index contributed by atoms with van der Waals surface area (Å²) < 4.78 is 5.59. The predicted octanol–water partition coefficient (Wildman–Crippen LogP) is 2.56. The molecule has 0 radical (unpaired) electrons. The van der Waals surface area contributed by atoms with Gasteiger partial charge < -0.3 is 26.6 Å². The second-order valence-electron chi connectivity index (χ2n) is 8.16. The van der Waals surface area contributed by atoms with Gasteiger partial charge in [0.2, 0.25) is 17.2 Å². The number of nitrogens with two attached hydrogens (primary N) is 2. The van der Waals surface area contributed by atoms with E-state index in [1.54, 1.807) is 36.4 Å². The summed E-state index contributed by atoms with van der Waals surface area (Å²) in [5.74, 6) is -0.102. The predicted molar refractivity (Wildman–Crippen MR) is 129 cm³/mol. The van der Waals surface area contributed by atoms with E-state index in [0.29, 0.717) is 16.8 Å². The summed E-state index contributed by atoms with van der Waals surface area (Å²) in [5, 5.41) is 17.2. The van der Waals surface area contributed by atoms with Crippen LogP contribution in [0.3, 0.4) is 0 Å². The average molecular weight is 449 g/mol. The van der Waals surface area contributed by atoms with E-state index in [1.165, 1.54) is 0 Å². The minimum Gasteiger partial charge on any atom is -0.399 e. The van der Waals surface area contributed by atoms with Crippen molar-refractivity contribution < 1.29 is 9.32 Å². The van der Waals surface area contributed by atoms with Crippen molar-refractivity contribution in [1.82, 2.24) is 10.5 Å². The van der Waals surface area contributed by atoms with Crippen LogP contribution in [0.2, 0.25) is 0 Å². The maximum absolute atomic E-state index is 13.2.